The van der Waals surface area contributed by atoms with E-state index < -0.39 is 5.41 Å². The Balaban J connectivity index is 1.21. The second-order valence-corrected chi connectivity index (χ2v) is 15.3. The Morgan fingerprint density at radius 1 is 0.481 bits per heavy atom. The number of hydrogen-bond acceptors (Lipinski definition) is 3. The van der Waals surface area contributed by atoms with E-state index in [1.807, 2.05) is 0 Å². The normalized spacial score (nSPS) is 14.8. The molecule has 0 atom stereocenters. The smallest absolute Gasteiger partial charge is 0.333 e. The topological polar surface area (TPSA) is 19.6 Å². The summed E-state index contributed by atoms with van der Waals surface area (Å²) in [5, 5.41) is 2.27. The van der Waals surface area contributed by atoms with Crippen LogP contribution in [0.5, 0.6) is 0 Å². The quantitative estimate of drug-likeness (QED) is 0.160. The highest BCUT2D eigenvalue weighted by Gasteiger charge is 2.56. The van der Waals surface area contributed by atoms with Crippen molar-refractivity contribution >= 4 is 68.1 Å². The molecule has 0 fully saturated rings. The van der Waals surface area contributed by atoms with Gasteiger partial charge >= 0.3 is 6.85 Å². The molecule has 250 valence electrons. The summed E-state index contributed by atoms with van der Waals surface area (Å²) < 4.78 is 6.67. The molecule has 0 saturated carbocycles. The monoisotopic (exact) mass is 686 g/mol. The van der Waals surface area contributed by atoms with Crippen LogP contribution in [0.2, 0.25) is 0 Å². The van der Waals surface area contributed by atoms with Gasteiger partial charge in [0.15, 0.2) is 0 Å². The zero-order valence-electron chi connectivity index (χ0n) is 29.5. The second-order valence-electron chi connectivity index (χ2n) is 15.3. The largest absolute Gasteiger partial charge is 0.456 e. The van der Waals surface area contributed by atoms with Crippen molar-refractivity contribution < 1.29 is 4.42 Å². The van der Waals surface area contributed by atoms with Gasteiger partial charge in [-0.2, -0.15) is 0 Å². The van der Waals surface area contributed by atoms with Crippen molar-refractivity contribution in [2.24, 2.45) is 0 Å². The van der Waals surface area contributed by atoms with Crippen molar-refractivity contribution in [1.82, 2.24) is 0 Å². The van der Waals surface area contributed by atoms with Gasteiger partial charge in [-0.05, 0) is 105 Å². The molecular weight excluding hydrogens is 655 g/mol. The van der Waals surface area contributed by atoms with Crippen LogP contribution in [0, 0.1) is 6.92 Å². The van der Waals surface area contributed by atoms with Gasteiger partial charge in [-0.1, -0.05) is 127 Å². The Morgan fingerprint density at radius 2 is 1.15 bits per heavy atom. The number of fused-ring (bicyclic) bond motifs is 16. The second kappa shape index (κ2) is 10.0. The van der Waals surface area contributed by atoms with E-state index >= 15 is 0 Å². The molecule has 4 aliphatic rings. The van der Waals surface area contributed by atoms with Gasteiger partial charge in [-0.25, -0.2) is 0 Å². The van der Waals surface area contributed by atoms with Crippen LogP contribution in [0.3, 0.4) is 0 Å². The fraction of sp³-hybridized carbons (Fsp3) is 0.0400. The number of furan rings is 1. The van der Waals surface area contributed by atoms with Crippen molar-refractivity contribution in [3.8, 4) is 22.3 Å². The van der Waals surface area contributed by atoms with E-state index in [-0.39, 0.29) is 6.85 Å². The summed E-state index contributed by atoms with van der Waals surface area (Å²) >= 11 is 0. The third-order valence-electron chi connectivity index (χ3n) is 12.6. The lowest BCUT2D eigenvalue weighted by Gasteiger charge is -2.52. The van der Waals surface area contributed by atoms with Gasteiger partial charge < -0.3 is 14.1 Å². The summed E-state index contributed by atoms with van der Waals surface area (Å²) in [5.74, 6) is 0. The van der Waals surface area contributed by atoms with Crippen LogP contribution < -0.4 is 20.6 Å². The maximum atomic E-state index is 6.67. The van der Waals surface area contributed by atoms with Crippen LogP contribution in [0.1, 0.15) is 27.8 Å². The van der Waals surface area contributed by atoms with Gasteiger partial charge in [0.2, 0.25) is 0 Å². The molecule has 0 amide bonds. The zero-order chi connectivity index (χ0) is 35.3. The average Bonchev–Trinajstić information content (AvgIpc) is 3.73. The maximum absolute atomic E-state index is 6.67. The van der Waals surface area contributed by atoms with Crippen LogP contribution in [-0.4, -0.2) is 6.85 Å². The van der Waals surface area contributed by atoms with E-state index in [0.717, 1.165) is 27.6 Å². The average molecular weight is 687 g/mol. The van der Waals surface area contributed by atoms with Crippen molar-refractivity contribution in [1.29, 1.82) is 0 Å². The molecule has 0 N–H and O–H groups in total. The van der Waals surface area contributed by atoms with Gasteiger partial charge in [-0.15, -0.1) is 0 Å². The summed E-state index contributed by atoms with van der Waals surface area (Å²) in [4.78, 5) is 5.18. The molecule has 9 aromatic rings. The van der Waals surface area contributed by atoms with E-state index in [4.69, 9.17) is 4.42 Å². The van der Waals surface area contributed by atoms with Gasteiger partial charge in [0.1, 0.15) is 11.2 Å². The number of rotatable bonds is 1. The molecule has 54 heavy (non-hydrogen) atoms. The molecule has 0 radical (unpaired) electrons. The molecule has 3 aliphatic heterocycles. The fourth-order valence-electron chi connectivity index (χ4n) is 10.7. The highest BCUT2D eigenvalue weighted by Crippen LogP contribution is 2.64. The first-order valence-electron chi connectivity index (χ1n) is 18.9. The molecule has 0 unspecified atom stereocenters. The minimum atomic E-state index is -0.466. The van der Waals surface area contributed by atoms with Crippen LogP contribution >= 0.6 is 0 Å². The summed E-state index contributed by atoms with van der Waals surface area (Å²) in [7, 11) is 0. The van der Waals surface area contributed by atoms with Crippen molar-refractivity contribution in [2.45, 2.75) is 12.3 Å². The third kappa shape index (κ3) is 3.32. The lowest BCUT2D eigenvalue weighted by atomic mass is 9.42. The van der Waals surface area contributed by atoms with Crippen LogP contribution in [0.15, 0.2) is 174 Å². The Hall–Kier alpha value is -6.78. The lowest BCUT2D eigenvalue weighted by molar-refractivity contribution is 0.669. The molecule has 3 nitrogen and oxygen atoms in total. The van der Waals surface area contributed by atoms with Gasteiger partial charge in [-0.3, -0.25) is 0 Å². The van der Waals surface area contributed by atoms with E-state index in [1.165, 1.54) is 83.7 Å². The molecule has 1 aliphatic carbocycles. The summed E-state index contributed by atoms with van der Waals surface area (Å²) in [6.07, 6.45) is 0. The Morgan fingerprint density at radius 3 is 1.96 bits per heavy atom. The summed E-state index contributed by atoms with van der Waals surface area (Å²) in [5.41, 5.74) is 21.8. The zero-order valence-corrected chi connectivity index (χ0v) is 29.5. The Labute approximate surface area is 313 Å². The van der Waals surface area contributed by atoms with Gasteiger partial charge in [0.05, 0.1) is 5.41 Å². The fourth-order valence-corrected chi connectivity index (χ4v) is 10.7. The lowest BCUT2D eigenvalue weighted by Crippen LogP contribution is -2.63. The van der Waals surface area contributed by atoms with E-state index in [9.17, 15) is 0 Å². The number of benzene rings is 8. The Bertz CT molecular complexity index is 3060. The molecule has 13 rings (SSSR count). The number of para-hydroxylation sites is 4. The van der Waals surface area contributed by atoms with Crippen LogP contribution in [0.25, 0.3) is 44.2 Å². The van der Waals surface area contributed by atoms with Crippen molar-refractivity contribution in [3.05, 3.63) is 198 Å². The summed E-state index contributed by atoms with van der Waals surface area (Å²) in [6.45, 7) is 2.15. The maximum Gasteiger partial charge on any atom is 0.333 e. The number of hydrogen-bond donors (Lipinski definition) is 0. The molecule has 8 aromatic carbocycles. The predicted molar refractivity (Wildman–Crippen MR) is 223 cm³/mol. The number of aryl methyl sites for hydroxylation is 1. The minimum Gasteiger partial charge on any atom is -0.456 e. The minimum absolute atomic E-state index is 0.0952. The molecule has 1 spiro atoms. The van der Waals surface area contributed by atoms with Crippen LogP contribution in [-0.2, 0) is 5.41 Å². The van der Waals surface area contributed by atoms with Crippen LogP contribution in [0.4, 0.5) is 28.4 Å². The van der Waals surface area contributed by atoms with E-state index in [2.05, 4.69) is 186 Å². The standard InChI is InChI=1S/C50H31BN2O/c1-30-26-37-35-19-13-23-41-49(35)53(43-24-11-10-22-40(43)50(41)38-20-8-5-16-32(38)33-17-6-9-21-39(33)50)51-42-29-47-36(34-18-7-12-25-46(34)54-47)28-44(42)52(45(27-30)48(37)51)31-14-3-2-4-15-31/h2-29H,1H3. The summed E-state index contributed by atoms with van der Waals surface area (Å²) in [6, 6.07) is 63.3. The first-order valence-corrected chi connectivity index (χ1v) is 18.9. The third-order valence-corrected chi connectivity index (χ3v) is 12.6. The van der Waals surface area contributed by atoms with Crippen molar-refractivity contribution in [2.75, 3.05) is 9.71 Å². The Kier molecular flexibility index (Phi) is 5.33. The molecule has 0 saturated heterocycles. The van der Waals surface area contributed by atoms with Gasteiger partial charge in [0, 0.05) is 44.8 Å². The van der Waals surface area contributed by atoms with E-state index in [1.54, 1.807) is 0 Å². The van der Waals surface area contributed by atoms with Gasteiger partial charge in [0.25, 0.3) is 0 Å². The molecular formula is C50H31BN2O. The number of anilines is 5. The first kappa shape index (κ1) is 28.8. The molecule has 4 heterocycles. The predicted octanol–water partition coefficient (Wildman–Crippen LogP) is 11.3. The molecule has 1 aromatic heterocycles. The van der Waals surface area contributed by atoms with E-state index in [0.29, 0.717) is 0 Å². The SMILES string of the molecule is Cc1cc2c3c(c1)N(c1ccccc1)c1cc4c(cc1B3N1c3ccccc3C3(c5ccccc5-c5ccccc53)c3cccc-2c31)oc1ccccc14. The first-order chi connectivity index (χ1) is 26.7. The highest BCUT2D eigenvalue weighted by atomic mass is 16.3. The van der Waals surface area contributed by atoms with Crippen molar-refractivity contribution in [3.63, 3.8) is 0 Å². The highest BCUT2D eigenvalue weighted by molar-refractivity contribution is 6.94. The molecule has 0 bridgehead atoms. The molecule has 4 heteroatoms. The number of nitrogens with zero attached hydrogens (tertiary/aromatic N) is 2.